The van der Waals surface area contributed by atoms with Crippen LogP contribution >= 0.6 is 11.6 Å². The maximum absolute atomic E-state index is 12.6. The maximum atomic E-state index is 12.6. The average Bonchev–Trinajstić information content (AvgIpc) is 2.40. The van der Waals surface area contributed by atoms with Gasteiger partial charge in [0.05, 0.1) is 6.61 Å². The molecule has 0 spiro atoms. The summed E-state index contributed by atoms with van der Waals surface area (Å²) in [6.45, 7) is 2.35. The van der Waals surface area contributed by atoms with Crippen LogP contribution in [0.4, 0.5) is 13.2 Å². The maximum Gasteiger partial charge on any atom is 0.433 e. The van der Waals surface area contributed by atoms with Crippen LogP contribution in [-0.2, 0) is 6.18 Å². The van der Waals surface area contributed by atoms with Gasteiger partial charge in [0.15, 0.2) is 5.69 Å². The molecule has 0 saturated heterocycles. The summed E-state index contributed by atoms with van der Waals surface area (Å²) in [5.74, 6) is 0.648. The standard InChI is InChI=1S/C13H10ClF3N2O2/c1-2-20-8-3-5-9(6-4-8)21-11-7-10(13(15,16)17)18-12(14)19-11/h3-7H,2H2,1H3. The average molecular weight is 319 g/mol. The fourth-order valence-electron chi connectivity index (χ4n) is 1.49. The number of alkyl halides is 3. The van der Waals surface area contributed by atoms with Crippen LogP contribution in [0.15, 0.2) is 30.3 Å². The third-order valence-corrected chi connectivity index (χ3v) is 2.49. The Morgan fingerprint density at radius 3 is 2.29 bits per heavy atom. The highest BCUT2D eigenvalue weighted by Gasteiger charge is 2.33. The van der Waals surface area contributed by atoms with Gasteiger partial charge >= 0.3 is 6.18 Å². The number of benzene rings is 1. The number of rotatable bonds is 4. The fourth-order valence-corrected chi connectivity index (χ4v) is 1.66. The molecule has 0 N–H and O–H groups in total. The van der Waals surface area contributed by atoms with Crippen molar-refractivity contribution in [2.75, 3.05) is 6.61 Å². The van der Waals surface area contributed by atoms with Gasteiger partial charge in [-0.1, -0.05) is 0 Å². The van der Waals surface area contributed by atoms with Gasteiger partial charge in [0.25, 0.3) is 0 Å². The van der Waals surface area contributed by atoms with Crippen LogP contribution in [0.3, 0.4) is 0 Å². The highest BCUT2D eigenvalue weighted by atomic mass is 35.5. The van der Waals surface area contributed by atoms with Crippen LogP contribution in [0.1, 0.15) is 12.6 Å². The second kappa shape index (κ2) is 6.17. The van der Waals surface area contributed by atoms with Crippen molar-refractivity contribution < 1.29 is 22.6 Å². The molecule has 2 rings (SSSR count). The summed E-state index contributed by atoms with van der Waals surface area (Å²) in [5.41, 5.74) is -1.16. The van der Waals surface area contributed by atoms with Crippen LogP contribution in [0.25, 0.3) is 0 Å². The van der Waals surface area contributed by atoms with E-state index in [4.69, 9.17) is 21.1 Å². The van der Waals surface area contributed by atoms with Gasteiger partial charge in [0.2, 0.25) is 11.2 Å². The molecular weight excluding hydrogens is 309 g/mol. The SMILES string of the molecule is CCOc1ccc(Oc2cc(C(F)(F)F)nc(Cl)n2)cc1. The second-order valence-electron chi connectivity index (χ2n) is 3.86. The van der Waals surface area contributed by atoms with Crippen LogP contribution < -0.4 is 9.47 Å². The number of hydrogen-bond acceptors (Lipinski definition) is 4. The molecule has 1 heterocycles. The van der Waals surface area contributed by atoms with E-state index in [2.05, 4.69) is 9.97 Å². The lowest BCUT2D eigenvalue weighted by atomic mass is 10.3. The first-order chi connectivity index (χ1) is 9.88. The molecule has 8 heteroatoms. The number of halogens is 4. The molecule has 0 aliphatic heterocycles. The van der Waals surface area contributed by atoms with Gasteiger partial charge in [-0.3, -0.25) is 0 Å². The van der Waals surface area contributed by atoms with E-state index >= 15 is 0 Å². The van der Waals surface area contributed by atoms with E-state index in [0.717, 1.165) is 0 Å². The summed E-state index contributed by atoms with van der Waals surface area (Å²) < 4.78 is 48.3. The Labute approximate surface area is 123 Å². The van der Waals surface area contributed by atoms with Crippen molar-refractivity contribution in [3.63, 3.8) is 0 Å². The van der Waals surface area contributed by atoms with Crippen molar-refractivity contribution in [1.82, 2.24) is 9.97 Å². The molecule has 0 aliphatic rings. The lowest BCUT2D eigenvalue weighted by molar-refractivity contribution is -0.141. The third-order valence-electron chi connectivity index (χ3n) is 2.32. The smallest absolute Gasteiger partial charge is 0.433 e. The highest BCUT2D eigenvalue weighted by Crippen LogP contribution is 2.31. The first-order valence-corrected chi connectivity index (χ1v) is 6.29. The molecule has 1 aromatic carbocycles. The first kappa shape index (κ1) is 15.4. The van der Waals surface area contributed by atoms with E-state index in [9.17, 15) is 13.2 Å². The Hall–Kier alpha value is -2.02. The van der Waals surface area contributed by atoms with Crippen molar-refractivity contribution in [3.8, 4) is 17.4 Å². The fraction of sp³-hybridized carbons (Fsp3) is 0.231. The molecular formula is C13H10ClF3N2O2. The molecule has 2 aromatic rings. The summed E-state index contributed by atoms with van der Waals surface area (Å²) in [6, 6.07) is 7.05. The molecule has 0 unspecified atom stereocenters. The summed E-state index contributed by atoms with van der Waals surface area (Å²) in [6.07, 6.45) is -4.62. The quantitative estimate of drug-likeness (QED) is 0.787. The Morgan fingerprint density at radius 1 is 1.10 bits per heavy atom. The van der Waals surface area contributed by atoms with E-state index in [0.29, 0.717) is 24.2 Å². The summed E-state index contributed by atoms with van der Waals surface area (Å²) in [5, 5.41) is -0.536. The van der Waals surface area contributed by atoms with Crippen molar-refractivity contribution in [2.24, 2.45) is 0 Å². The number of aromatic nitrogens is 2. The Morgan fingerprint density at radius 2 is 1.71 bits per heavy atom. The van der Waals surface area contributed by atoms with Gasteiger partial charge in [-0.25, -0.2) is 4.98 Å². The van der Waals surface area contributed by atoms with Gasteiger partial charge in [0, 0.05) is 6.07 Å². The molecule has 21 heavy (non-hydrogen) atoms. The zero-order valence-electron chi connectivity index (χ0n) is 10.8. The zero-order valence-corrected chi connectivity index (χ0v) is 11.6. The minimum atomic E-state index is -4.62. The number of nitrogens with zero attached hydrogens (tertiary/aromatic N) is 2. The lowest BCUT2D eigenvalue weighted by Gasteiger charge is -2.09. The Bertz CT molecular complexity index is 618. The van der Waals surface area contributed by atoms with Crippen LogP contribution in [0.2, 0.25) is 5.28 Å². The van der Waals surface area contributed by atoms with Crippen molar-refractivity contribution in [1.29, 1.82) is 0 Å². The van der Waals surface area contributed by atoms with E-state index in [1.807, 2.05) is 6.92 Å². The van der Waals surface area contributed by atoms with E-state index in [1.165, 1.54) is 0 Å². The monoisotopic (exact) mass is 318 g/mol. The lowest BCUT2D eigenvalue weighted by Crippen LogP contribution is -2.09. The highest BCUT2D eigenvalue weighted by molar-refractivity contribution is 6.28. The molecule has 0 saturated carbocycles. The minimum absolute atomic E-state index is 0.286. The molecule has 1 aromatic heterocycles. The summed E-state index contributed by atoms with van der Waals surface area (Å²) >= 11 is 5.47. The molecule has 0 fully saturated rings. The summed E-state index contributed by atoms with van der Waals surface area (Å²) in [7, 11) is 0. The topological polar surface area (TPSA) is 44.2 Å². The second-order valence-corrected chi connectivity index (χ2v) is 4.20. The molecule has 0 radical (unpaired) electrons. The van der Waals surface area contributed by atoms with Crippen LogP contribution in [0.5, 0.6) is 17.4 Å². The largest absolute Gasteiger partial charge is 0.494 e. The third kappa shape index (κ3) is 4.22. The Kier molecular flexibility index (Phi) is 4.52. The van der Waals surface area contributed by atoms with Gasteiger partial charge in [-0.2, -0.15) is 18.2 Å². The number of hydrogen-bond donors (Lipinski definition) is 0. The van der Waals surface area contributed by atoms with Crippen LogP contribution in [-0.4, -0.2) is 16.6 Å². The number of ether oxygens (including phenoxy) is 2. The first-order valence-electron chi connectivity index (χ1n) is 5.91. The van der Waals surface area contributed by atoms with Gasteiger partial charge in [-0.15, -0.1) is 0 Å². The molecule has 0 atom stereocenters. The van der Waals surface area contributed by atoms with Gasteiger partial charge in [0.1, 0.15) is 11.5 Å². The predicted molar refractivity (Wildman–Crippen MR) is 69.7 cm³/mol. The van der Waals surface area contributed by atoms with Gasteiger partial charge in [-0.05, 0) is 42.8 Å². The molecule has 112 valence electrons. The molecule has 0 bridgehead atoms. The van der Waals surface area contributed by atoms with E-state index < -0.39 is 17.2 Å². The molecule has 0 aliphatic carbocycles. The Balaban J connectivity index is 2.21. The van der Waals surface area contributed by atoms with Crippen LogP contribution in [0, 0.1) is 0 Å². The van der Waals surface area contributed by atoms with Gasteiger partial charge < -0.3 is 9.47 Å². The molecule has 0 amide bonds. The van der Waals surface area contributed by atoms with Crippen molar-refractivity contribution in [3.05, 3.63) is 41.3 Å². The van der Waals surface area contributed by atoms with Crippen molar-refractivity contribution in [2.45, 2.75) is 13.1 Å². The summed E-state index contributed by atoms with van der Waals surface area (Å²) in [4.78, 5) is 6.72. The molecule has 4 nitrogen and oxygen atoms in total. The van der Waals surface area contributed by atoms with E-state index in [-0.39, 0.29) is 5.88 Å². The predicted octanol–water partition coefficient (Wildman–Crippen LogP) is 4.34. The minimum Gasteiger partial charge on any atom is -0.494 e. The normalized spacial score (nSPS) is 11.3. The van der Waals surface area contributed by atoms with E-state index in [1.54, 1.807) is 24.3 Å². The van der Waals surface area contributed by atoms with Crippen molar-refractivity contribution >= 4 is 11.6 Å². The zero-order chi connectivity index (χ0) is 15.5.